The van der Waals surface area contributed by atoms with Gasteiger partial charge in [-0.1, -0.05) is 76.2 Å². The van der Waals surface area contributed by atoms with Gasteiger partial charge in [0.1, 0.15) is 23.0 Å². The maximum atomic E-state index is 6.39. The van der Waals surface area contributed by atoms with Gasteiger partial charge in [0.05, 0.1) is 0 Å². The van der Waals surface area contributed by atoms with Gasteiger partial charge in [0.15, 0.2) is 0 Å². The molecule has 230 valence electrons. The molecule has 2 aliphatic rings. The summed E-state index contributed by atoms with van der Waals surface area (Å²) in [7, 11) is 0. The van der Waals surface area contributed by atoms with Crippen molar-refractivity contribution < 1.29 is 9.47 Å². The quantitative estimate of drug-likeness (QED) is 0.257. The van der Waals surface area contributed by atoms with Gasteiger partial charge in [0.25, 0.3) is 0 Å². The van der Waals surface area contributed by atoms with Crippen molar-refractivity contribution in [3.05, 3.63) is 130 Å². The van der Waals surface area contributed by atoms with Crippen LogP contribution < -0.4 is 20.9 Å². The minimum absolute atomic E-state index is 0.0574. The molecule has 0 radical (unpaired) electrons. The van der Waals surface area contributed by atoms with E-state index in [1.54, 1.807) is 0 Å². The smallest absolute Gasteiger partial charge is 0.129 e. The first-order valence-electron chi connectivity index (χ1n) is 15.7. The van der Waals surface area contributed by atoms with Crippen LogP contribution in [0.4, 0.5) is 11.4 Å². The van der Waals surface area contributed by atoms with Crippen LogP contribution in [0.5, 0.6) is 11.5 Å². The van der Waals surface area contributed by atoms with Crippen LogP contribution in [0, 0.1) is 22.7 Å². The molecule has 0 saturated heterocycles. The molecular weight excluding hydrogens is 540 g/mol. The molecule has 0 aromatic heterocycles. The number of hydrogen-bond donors (Lipinski definition) is 2. The summed E-state index contributed by atoms with van der Waals surface area (Å²) in [4.78, 5) is 0. The van der Waals surface area contributed by atoms with E-state index >= 15 is 0 Å². The zero-order valence-corrected chi connectivity index (χ0v) is 27.6. The summed E-state index contributed by atoms with van der Waals surface area (Å²) < 4.78 is 12.8. The van der Waals surface area contributed by atoms with E-state index in [1.807, 2.05) is 48.5 Å². The highest BCUT2D eigenvalue weighted by atomic mass is 16.5. The Morgan fingerprint density at radius 3 is 1.34 bits per heavy atom. The monoisotopic (exact) mass is 588 g/mol. The number of rotatable bonds is 8. The van der Waals surface area contributed by atoms with Crippen molar-refractivity contribution in [3.63, 3.8) is 0 Å². The fourth-order valence-electron chi connectivity index (χ4n) is 6.63. The lowest BCUT2D eigenvalue weighted by molar-refractivity contribution is 0.282. The van der Waals surface area contributed by atoms with Crippen molar-refractivity contribution in [2.45, 2.75) is 68.2 Å². The predicted molar refractivity (Wildman–Crippen MR) is 184 cm³/mol. The number of hydrogen-bond acceptors (Lipinski definition) is 4. The van der Waals surface area contributed by atoms with E-state index < -0.39 is 0 Å². The molecule has 0 saturated carbocycles. The van der Waals surface area contributed by atoms with Crippen LogP contribution in [-0.2, 0) is 12.8 Å². The molecular formula is C40H48N2O2. The standard InChI is InChI=1S/C40H48N2O2/c1-25-18-31(39(5,6)27(3)37(25)43-35-16-10-14-33(41)23-35)21-29-12-9-13-30(20-29)22-32-19-26(2)38(28(4)40(32,7)8)44-36-17-11-15-34(42)24-36/h9-20,23-24,31-32H,21-22,41-42H2,1-8H3. The molecule has 0 bridgehead atoms. The molecule has 3 aromatic carbocycles. The maximum absolute atomic E-state index is 6.39. The van der Waals surface area contributed by atoms with E-state index in [0.717, 1.165) is 35.9 Å². The Morgan fingerprint density at radius 2 is 0.955 bits per heavy atom. The zero-order valence-electron chi connectivity index (χ0n) is 27.6. The number of benzene rings is 3. The van der Waals surface area contributed by atoms with Crippen molar-refractivity contribution in [2.24, 2.45) is 22.7 Å². The maximum Gasteiger partial charge on any atom is 0.129 e. The molecule has 2 aliphatic carbocycles. The molecule has 0 spiro atoms. The van der Waals surface area contributed by atoms with Gasteiger partial charge in [-0.25, -0.2) is 0 Å². The summed E-state index contributed by atoms with van der Waals surface area (Å²) in [6.07, 6.45) is 6.74. The molecule has 3 aromatic rings. The van der Waals surface area contributed by atoms with Gasteiger partial charge in [-0.2, -0.15) is 0 Å². The lowest BCUT2D eigenvalue weighted by Gasteiger charge is -2.40. The second-order valence-corrected chi connectivity index (χ2v) is 13.8. The van der Waals surface area contributed by atoms with E-state index in [1.165, 1.54) is 33.4 Å². The zero-order chi connectivity index (χ0) is 31.8. The normalized spacial score (nSPS) is 21.1. The molecule has 2 atom stereocenters. The highest BCUT2D eigenvalue weighted by molar-refractivity contribution is 5.48. The highest BCUT2D eigenvalue weighted by Crippen LogP contribution is 2.47. The Labute approximate surface area is 264 Å². The van der Waals surface area contributed by atoms with Crippen molar-refractivity contribution in [3.8, 4) is 11.5 Å². The van der Waals surface area contributed by atoms with Crippen LogP contribution in [0.2, 0.25) is 0 Å². The summed E-state index contributed by atoms with van der Waals surface area (Å²) in [5, 5.41) is 0. The van der Waals surface area contributed by atoms with E-state index in [9.17, 15) is 0 Å². The summed E-state index contributed by atoms with van der Waals surface area (Å²) in [6.45, 7) is 18.1. The largest absolute Gasteiger partial charge is 0.457 e. The molecule has 4 heteroatoms. The van der Waals surface area contributed by atoms with Gasteiger partial charge in [-0.05, 0) is 121 Å². The minimum atomic E-state index is -0.0574. The van der Waals surface area contributed by atoms with Gasteiger partial charge in [0, 0.05) is 23.5 Å². The Morgan fingerprint density at radius 1 is 0.568 bits per heavy atom. The molecule has 44 heavy (non-hydrogen) atoms. The predicted octanol–water partition coefficient (Wildman–Crippen LogP) is 9.85. The first kappa shape index (κ1) is 31.3. The van der Waals surface area contributed by atoms with Crippen molar-refractivity contribution in [1.29, 1.82) is 0 Å². The van der Waals surface area contributed by atoms with Gasteiger partial charge >= 0.3 is 0 Å². The third-order valence-corrected chi connectivity index (χ3v) is 10.1. The molecule has 2 unspecified atom stereocenters. The van der Waals surface area contributed by atoms with Gasteiger partial charge in [0.2, 0.25) is 0 Å². The van der Waals surface area contributed by atoms with E-state index in [2.05, 4.69) is 91.8 Å². The number of allylic oxidation sites excluding steroid dienone is 6. The Bertz CT molecular complexity index is 1560. The number of nitrogens with two attached hydrogens (primary N) is 2. The molecule has 0 amide bonds. The lowest BCUT2D eigenvalue weighted by Crippen LogP contribution is -2.31. The molecule has 4 N–H and O–H groups in total. The third kappa shape index (κ3) is 6.36. The van der Waals surface area contributed by atoms with Gasteiger partial charge in [-0.15, -0.1) is 0 Å². The Hall–Kier alpha value is -4.18. The van der Waals surface area contributed by atoms with E-state index in [0.29, 0.717) is 23.2 Å². The van der Waals surface area contributed by atoms with Crippen LogP contribution in [0.15, 0.2) is 119 Å². The average molecular weight is 589 g/mol. The van der Waals surface area contributed by atoms with Crippen LogP contribution in [0.1, 0.15) is 66.5 Å². The van der Waals surface area contributed by atoms with Crippen LogP contribution in [0.3, 0.4) is 0 Å². The molecule has 0 heterocycles. The molecule has 5 rings (SSSR count). The number of ether oxygens (including phenoxy) is 2. The lowest BCUT2D eigenvalue weighted by atomic mass is 9.66. The first-order valence-corrected chi connectivity index (χ1v) is 15.7. The fraction of sp³-hybridized carbons (Fsp3) is 0.350. The van der Waals surface area contributed by atoms with Crippen LogP contribution >= 0.6 is 0 Å². The van der Waals surface area contributed by atoms with E-state index in [-0.39, 0.29) is 10.8 Å². The minimum Gasteiger partial charge on any atom is -0.457 e. The summed E-state index contributed by atoms with van der Waals surface area (Å²) in [6, 6.07) is 24.5. The summed E-state index contributed by atoms with van der Waals surface area (Å²) in [5.41, 5.74) is 20.9. The molecule has 0 aliphatic heterocycles. The second-order valence-electron chi connectivity index (χ2n) is 13.8. The summed E-state index contributed by atoms with van der Waals surface area (Å²) in [5.74, 6) is 4.17. The Kier molecular flexibility index (Phi) is 8.57. The third-order valence-electron chi connectivity index (χ3n) is 10.1. The SMILES string of the molecule is CC1=CC(Cc2cccc(CC3C=C(C)C(Oc4cccc(N)c4)=C(C)C3(C)C)c2)C(C)(C)C(C)=C1Oc1cccc(N)c1. The topological polar surface area (TPSA) is 70.5 Å². The van der Waals surface area contributed by atoms with Crippen molar-refractivity contribution >= 4 is 11.4 Å². The first-order chi connectivity index (χ1) is 20.8. The molecule has 4 nitrogen and oxygen atoms in total. The number of nitrogen functional groups attached to an aromatic ring is 2. The van der Waals surface area contributed by atoms with Gasteiger partial charge < -0.3 is 20.9 Å². The summed E-state index contributed by atoms with van der Waals surface area (Å²) >= 11 is 0. The fourth-order valence-corrected chi connectivity index (χ4v) is 6.63. The second kappa shape index (κ2) is 12.1. The number of anilines is 2. The average Bonchev–Trinajstić information content (AvgIpc) is 2.96. The highest BCUT2D eigenvalue weighted by Gasteiger charge is 2.38. The Balaban J connectivity index is 1.32. The van der Waals surface area contributed by atoms with Crippen LogP contribution in [-0.4, -0.2) is 0 Å². The van der Waals surface area contributed by atoms with Crippen molar-refractivity contribution in [1.82, 2.24) is 0 Å². The van der Waals surface area contributed by atoms with E-state index in [4.69, 9.17) is 20.9 Å². The van der Waals surface area contributed by atoms with Gasteiger partial charge in [-0.3, -0.25) is 0 Å². The van der Waals surface area contributed by atoms with Crippen LogP contribution in [0.25, 0.3) is 0 Å². The molecule has 0 fully saturated rings. The van der Waals surface area contributed by atoms with Crippen molar-refractivity contribution in [2.75, 3.05) is 11.5 Å².